The van der Waals surface area contributed by atoms with Crippen LogP contribution in [0.1, 0.15) is 0 Å². The summed E-state index contributed by atoms with van der Waals surface area (Å²) in [5, 5.41) is 0.739. The first-order valence-corrected chi connectivity index (χ1v) is 6.71. The molecule has 0 unspecified atom stereocenters. The highest BCUT2D eigenvalue weighted by Gasteiger charge is 2.14. The largest absolute Gasteiger partial charge is 0.379 e. The summed E-state index contributed by atoms with van der Waals surface area (Å²) in [6.07, 6.45) is -2.25. The SMILES string of the molecule is FC(F)CN(CCBr)CCN1CCOCC1. The minimum Gasteiger partial charge on any atom is -0.379 e. The van der Waals surface area contributed by atoms with E-state index in [1.807, 2.05) is 0 Å². The normalized spacial score (nSPS) is 18.6. The summed E-state index contributed by atoms with van der Waals surface area (Å²) in [6, 6.07) is 0. The molecular weight excluding hydrogens is 282 g/mol. The predicted octanol–water partition coefficient (Wildman–Crippen LogP) is 1.28. The smallest absolute Gasteiger partial charge is 0.251 e. The summed E-state index contributed by atoms with van der Waals surface area (Å²) < 4.78 is 29.8. The van der Waals surface area contributed by atoms with Gasteiger partial charge in [0, 0.05) is 38.1 Å². The van der Waals surface area contributed by atoms with Crippen molar-refractivity contribution in [2.24, 2.45) is 0 Å². The van der Waals surface area contributed by atoms with E-state index in [4.69, 9.17) is 4.74 Å². The molecule has 1 heterocycles. The molecule has 3 nitrogen and oxygen atoms in total. The van der Waals surface area contributed by atoms with Crippen LogP contribution in [-0.2, 0) is 4.74 Å². The van der Waals surface area contributed by atoms with Crippen molar-refractivity contribution in [2.75, 3.05) is 57.8 Å². The average molecular weight is 301 g/mol. The molecule has 0 amide bonds. The fourth-order valence-corrected chi connectivity index (χ4v) is 2.22. The van der Waals surface area contributed by atoms with E-state index >= 15 is 0 Å². The van der Waals surface area contributed by atoms with Crippen molar-refractivity contribution in [1.82, 2.24) is 9.80 Å². The second kappa shape index (κ2) is 8.33. The van der Waals surface area contributed by atoms with Crippen LogP contribution in [0.25, 0.3) is 0 Å². The predicted molar refractivity (Wildman–Crippen MR) is 63.5 cm³/mol. The molecule has 1 aliphatic heterocycles. The van der Waals surface area contributed by atoms with Crippen LogP contribution in [0.2, 0.25) is 0 Å². The summed E-state index contributed by atoms with van der Waals surface area (Å²) in [6.45, 7) is 5.44. The Morgan fingerprint density at radius 1 is 1.25 bits per heavy atom. The summed E-state index contributed by atoms with van der Waals surface area (Å²) in [5.74, 6) is 0. The standard InChI is InChI=1S/C10H19BrF2N2O/c11-1-2-15(9-10(12)13)4-3-14-5-7-16-8-6-14/h10H,1-9H2. The van der Waals surface area contributed by atoms with E-state index in [1.54, 1.807) is 4.90 Å². The molecule has 1 aliphatic rings. The maximum Gasteiger partial charge on any atom is 0.251 e. The minimum atomic E-state index is -2.25. The van der Waals surface area contributed by atoms with Crippen LogP contribution in [0.3, 0.4) is 0 Å². The van der Waals surface area contributed by atoms with Crippen LogP contribution in [-0.4, -0.2) is 74.0 Å². The zero-order chi connectivity index (χ0) is 11.8. The first-order valence-electron chi connectivity index (χ1n) is 5.59. The Hall–Kier alpha value is 0.220. The van der Waals surface area contributed by atoms with Crippen molar-refractivity contribution in [1.29, 1.82) is 0 Å². The van der Waals surface area contributed by atoms with Gasteiger partial charge in [-0.2, -0.15) is 0 Å². The Kier molecular flexibility index (Phi) is 7.44. The number of alkyl halides is 3. The molecule has 1 saturated heterocycles. The van der Waals surface area contributed by atoms with Crippen LogP contribution in [0.15, 0.2) is 0 Å². The van der Waals surface area contributed by atoms with Gasteiger partial charge in [0.1, 0.15) is 0 Å². The van der Waals surface area contributed by atoms with Crippen LogP contribution >= 0.6 is 15.9 Å². The van der Waals surface area contributed by atoms with Crippen LogP contribution in [0.4, 0.5) is 8.78 Å². The molecule has 0 radical (unpaired) electrons. The number of morpholine rings is 1. The molecule has 0 aromatic carbocycles. The Morgan fingerprint density at radius 2 is 1.94 bits per heavy atom. The first kappa shape index (κ1) is 14.3. The van der Waals surface area contributed by atoms with Gasteiger partial charge in [0.15, 0.2) is 0 Å². The second-order valence-electron chi connectivity index (χ2n) is 3.83. The highest BCUT2D eigenvalue weighted by atomic mass is 79.9. The van der Waals surface area contributed by atoms with Gasteiger partial charge < -0.3 is 4.74 Å². The minimum absolute atomic E-state index is 0.129. The van der Waals surface area contributed by atoms with Crippen LogP contribution in [0.5, 0.6) is 0 Å². The third-order valence-corrected chi connectivity index (χ3v) is 2.99. The summed E-state index contributed by atoms with van der Waals surface area (Å²) in [4.78, 5) is 4.06. The third kappa shape index (κ3) is 6.08. The molecule has 96 valence electrons. The lowest BCUT2D eigenvalue weighted by atomic mass is 10.4. The molecule has 6 heteroatoms. The van der Waals surface area contributed by atoms with Gasteiger partial charge in [0.05, 0.1) is 19.8 Å². The number of hydrogen-bond donors (Lipinski definition) is 0. The molecule has 0 bridgehead atoms. The maximum absolute atomic E-state index is 12.3. The Bertz CT molecular complexity index is 180. The van der Waals surface area contributed by atoms with E-state index < -0.39 is 6.43 Å². The molecule has 0 atom stereocenters. The number of halogens is 3. The van der Waals surface area contributed by atoms with Crippen LogP contribution < -0.4 is 0 Å². The lowest BCUT2D eigenvalue weighted by molar-refractivity contribution is 0.0286. The van der Waals surface area contributed by atoms with Gasteiger partial charge in [0.25, 0.3) is 6.43 Å². The van der Waals surface area contributed by atoms with Gasteiger partial charge in [-0.15, -0.1) is 0 Å². The maximum atomic E-state index is 12.3. The Labute approximate surface area is 104 Å². The van der Waals surface area contributed by atoms with E-state index in [9.17, 15) is 8.78 Å². The molecule has 0 aliphatic carbocycles. The van der Waals surface area contributed by atoms with Crippen molar-refractivity contribution in [3.05, 3.63) is 0 Å². The van der Waals surface area contributed by atoms with E-state index in [-0.39, 0.29) is 6.54 Å². The van der Waals surface area contributed by atoms with E-state index in [1.165, 1.54) is 0 Å². The van der Waals surface area contributed by atoms with Gasteiger partial charge >= 0.3 is 0 Å². The van der Waals surface area contributed by atoms with E-state index in [2.05, 4.69) is 20.8 Å². The highest BCUT2D eigenvalue weighted by molar-refractivity contribution is 9.09. The molecule has 0 N–H and O–H groups in total. The van der Waals surface area contributed by atoms with Crippen molar-refractivity contribution in [3.8, 4) is 0 Å². The fraction of sp³-hybridized carbons (Fsp3) is 1.00. The highest BCUT2D eigenvalue weighted by Crippen LogP contribution is 2.02. The molecule has 0 spiro atoms. The van der Waals surface area contributed by atoms with Gasteiger partial charge in [-0.05, 0) is 0 Å². The lowest BCUT2D eigenvalue weighted by Crippen LogP contribution is -2.42. The summed E-state index contributed by atoms with van der Waals surface area (Å²) in [7, 11) is 0. The monoisotopic (exact) mass is 300 g/mol. The average Bonchev–Trinajstić information content (AvgIpc) is 2.27. The number of rotatable bonds is 7. The Balaban J connectivity index is 2.19. The zero-order valence-electron chi connectivity index (χ0n) is 9.38. The number of ether oxygens (including phenoxy) is 1. The molecular formula is C10H19BrF2N2O. The molecule has 0 saturated carbocycles. The molecule has 1 rings (SSSR count). The second-order valence-corrected chi connectivity index (χ2v) is 4.63. The van der Waals surface area contributed by atoms with E-state index in [0.29, 0.717) is 13.1 Å². The van der Waals surface area contributed by atoms with Crippen molar-refractivity contribution in [2.45, 2.75) is 6.43 Å². The summed E-state index contributed by atoms with van der Waals surface area (Å²) >= 11 is 3.29. The molecule has 16 heavy (non-hydrogen) atoms. The third-order valence-electron chi connectivity index (χ3n) is 2.63. The first-order chi connectivity index (χ1) is 7.72. The molecule has 0 aromatic heterocycles. The van der Waals surface area contributed by atoms with Crippen molar-refractivity contribution < 1.29 is 13.5 Å². The summed E-state index contributed by atoms with van der Waals surface area (Å²) in [5.41, 5.74) is 0. The number of nitrogens with zero attached hydrogens (tertiary/aromatic N) is 2. The molecule has 1 fully saturated rings. The lowest BCUT2D eigenvalue weighted by Gasteiger charge is -2.29. The van der Waals surface area contributed by atoms with Gasteiger partial charge in [-0.1, -0.05) is 15.9 Å². The molecule has 0 aromatic rings. The van der Waals surface area contributed by atoms with Gasteiger partial charge in [-0.25, -0.2) is 8.78 Å². The van der Waals surface area contributed by atoms with Crippen molar-refractivity contribution in [3.63, 3.8) is 0 Å². The van der Waals surface area contributed by atoms with Crippen LogP contribution in [0, 0.1) is 0 Å². The topological polar surface area (TPSA) is 15.7 Å². The van der Waals surface area contributed by atoms with E-state index in [0.717, 1.165) is 38.2 Å². The van der Waals surface area contributed by atoms with Crippen molar-refractivity contribution >= 4 is 15.9 Å². The fourth-order valence-electron chi connectivity index (χ4n) is 1.72. The quantitative estimate of drug-likeness (QED) is 0.659. The van der Waals surface area contributed by atoms with Gasteiger partial charge in [0.2, 0.25) is 0 Å². The van der Waals surface area contributed by atoms with Gasteiger partial charge in [-0.3, -0.25) is 9.80 Å². The number of hydrogen-bond acceptors (Lipinski definition) is 3. The zero-order valence-corrected chi connectivity index (χ0v) is 11.0. The Morgan fingerprint density at radius 3 is 2.50 bits per heavy atom.